The summed E-state index contributed by atoms with van der Waals surface area (Å²) in [5, 5.41) is 0. The molecule has 0 unspecified atom stereocenters. The van der Waals surface area contributed by atoms with Crippen molar-refractivity contribution in [3.63, 3.8) is 0 Å². The van der Waals surface area contributed by atoms with Gasteiger partial charge in [-0.2, -0.15) is 0 Å². The van der Waals surface area contributed by atoms with E-state index in [9.17, 15) is 4.79 Å². The number of benzene rings is 2. The Hall–Kier alpha value is -2.17. The molecule has 0 fully saturated rings. The average Bonchev–Trinajstić information content (AvgIpc) is 2.64. The molecule has 4 heteroatoms. The molecule has 0 aromatic heterocycles. The van der Waals surface area contributed by atoms with Crippen molar-refractivity contribution in [2.45, 2.75) is 32.2 Å². The Morgan fingerprint density at radius 3 is 2.33 bits per heavy atom. The van der Waals surface area contributed by atoms with Crippen LogP contribution in [0.15, 0.2) is 54.6 Å². The first-order chi connectivity index (χ1) is 11.8. The number of methoxy groups -OCH3 is 1. The molecule has 0 saturated carbocycles. The minimum atomic E-state index is -0.125. The van der Waals surface area contributed by atoms with E-state index in [1.54, 1.807) is 7.11 Å². The van der Waals surface area contributed by atoms with Crippen LogP contribution in [0.2, 0.25) is 0 Å². The minimum absolute atomic E-state index is 0.125. The predicted molar refractivity (Wildman–Crippen MR) is 93.0 cm³/mol. The molecule has 0 spiro atoms. The summed E-state index contributed by atoms with van der Waals surface area (Å²) in [4.78, 5) is 10.8. The topological polar surface area (TPSA) is 44.8 Å². The molecular weight excluding hydrogens is 304 g/mol. The third kappa shape index (κ3) is 6.52. The van der Waals surface area contributed by atoms with Crippen LogP contribution in [0.3, 0.4) is 0 Å². The van der Waals surface area contributed by atoms with Gasteiger partial charge < -0.3 is 19.0 Å². The van der Waals surface area contributed by atoms with Crippen LogP contribution in [0.1, 0.15) is 24.0 Å². The molecule has 0 radical (unpaired) electrons. The highest BCUT2D eigenvalue weighted by Crippen LogP contribution is 2.14. The largest absolute Gasteiger partial charge is 0.497 e. The van der Waals surface area contributed by atoms with Gasteiger partial charge in [-0.3, -0.25) is 0 Å². The van der Waals surface area contributed by atoms with E-state index in [-0.39, 0.29) is 6.10 Å². The summed E-state index contributed by atoms with van der Waals surface area (Å²) in [6.07, 6.45) is 1.85. The number of hydrogen-bond acceptors (Lipinski definition) is 4. The lowest BCUT2D eigenvalue weighted by atomic mass is 10.2. The molecule has 4 nitrogen and oxygen atoms in total. The molecule has 24 heavy (non-hydrogen) atoms. The van der Waals surface area contributed by atoms with Gasteiger partial charge in [0.1, 0.15) is 12.0 Å². The summed E-state index contributed by atoms with van der Waals surface area (Å²) >= 11 is 0. The second-order valence-corrected chi connectivity index (χ2v) is 5.51. The smallest absolute Gasteiger partial charge is 0.122 e. The Bertz CT molecular complexity index is 580. The lowest BCUT2D eigenvalue weighted by Gasteiger charge is -2.16. The van der Waals surface area contributed by atoms with Crippen LogP contribution in [0, 0.1) is 0 Å². The van der Waals surface area contributed by atoms with Crippen LogP contribution in [-0.2, 0) is 27.5 Å². The van der Waals surface area contributed by atoms with Crippen LogP contribution >= 0.6 is 0 Å². The summed E-state index contributed by atoms with van der Waals surface area (Å²) < 4.78 is 16.6. The first kappa shape index (κ1) is 18.2. The minimum Gasteiger partial charge on any atom is -0.497 e. The number of carbonyl (C=O) groups excluding carboxylic acids is 1. The van der Waals surface area contributed by atoms with Crippen LogP contribution in [0.25, 0.3) is 0 Å². The van der Waals surface area contributed by atoms with Gasteiger partial charge in [-0.1, -0.05) is 42.5 Å². The fourth-order valence-corrected chi connectivity index (χ4v) is 2.29. The Morgan fingerprint density at radius 2 is 1.67 bits per heavy atom. The number of ether oxygens (including phenoxy) is 3. The Kier molecular flexibility index (Phi) is 8.01. The van der Waals surface area contributed by atoms with Crippen LogP contribution in [-0.4, -0.2) is 26.1 Å². The van der Waals surface area contributed by atoms with Crippen molar-refractivity contribution >= 4 is 6.29 Å². The molecule has 128 valence electrons. The number of rotatable bonds is 11. The van der Waals surface area contributed by atoms with Crippen molar-refractivity contribution in [1.29, 1.82) is 0 Å². The quantitative estimate of drug-likeness (QED) is 0.465. The van der Waals surface area contributed by atoms with E-state index in [2.05, 4.69) is 0 Å². The van der Waals surface area contributed by atoms with E-state index in [1.165, 1.54) is 0 Å². The third-order valence-corrected chi connectivity index (χ3v) is 3.70. The summed E-state index contributed by atoms with van der Waals surface area (Å²) in [7, 11) is 1.64. The van der Waals surface area contributed by atoms with Crippen LogP contribution < -0.4 is 4.74 Å². The summed E-state index contributed by atoms with van der Waals surface area (Å²) in [5.74, 6) is 0.817. The highest BCUT2D eigenvalue weighted by Gasteiger charge is 2.09. The molecule has 0 amide bonds. The van der Waals surface area contributed by atoms with Crippen molar-refractivity contribution < 1.29 is 19.0 Å². The van der Waals surface area contributed by atoms with Crippen molar-refractivity contribution in [3.05, 3.63) is 65.7 Å². The number of carbonyl (C=O) groups is 1. The number of aldehydes is 1. The first-order valence-electron chi connectivity index (χ1n) is 8.11. The molecule has 0 saturated heterocycles. The maximum Gasteiger partial charge on any atom is 0.122 e. The molecule has 0 aliphatic heterocycles. The molecule has 0 bridgehead atoms. The van der Waals surface area contributed by atoms with Gasteiger partial charge in [0.2, 0.25) is 0 Å². The zero-order valence-corrected chi connectivity index (χ0v) is 14.0. The van der Waals surface area contributed by atoms with Gasteiger partial charge in [0, 0.05) is 13.0 Å². The molecule has 2 aromatic rings. The van der Waals surface area contributed by atoms with E-state index < -0.39 is 0 Å². The van der Waals surface area contributed by atoms with E-state index in [1.807, 2.05) is 54.6 Å². The van der Waals surface area contributed by atoms with Crippen LogP contribution in [0.4, 0.5) is 0 Å². The van der Waals surface area contributed by atoms with Gasteiger partial charge in [0.15, 0.2) is 0 Å². The Labute approximate surface area is 143 Å². The van der Waals surface area contributed by atoms with E-state index in [4.69, 9.17) is 14.2 Å². The maximum absolute atomic E-state index is 10.8. The Morgan fingerprint density at radius 1 is 0.958 bits per heavy atom. The average molecular weight is 328 g/mol. The van der Waals surface area contributed by atoms with Crippen molar-refractivity contribution in [2.24, 2.45) is 0 Å². The highest BCUT2D eigenvalue weighted by molar-refractivity contribution is 5.50. The molecule has 0 heterocycles. The van der Waals surface area contributed by atoms with E-state index in [0.29, 0.717) is 32.7 Å². The summed E-state index contributed by atoms with van der Waals surface area (Å²) in [5.41, 5.74) is 2.19. The maximum atomic E-state index is 10.8. The molecule has 2 aromatic carbocycles. The summed E-state index contributed by atoms with van der Waals surface area (Å²) in [6.45, 7) is 1.62. The molecule has 0 aliphatic carbocycles. The second-order valence-electron chi connectivity index (χ2n) is 5.51. The van der Waals surface area contributed by atoms with Gasteiger partial charge in [-0.25, -0.2) is 0 Å². The standard InChI is InChI=1S/C20H24O4/c1-22-19-9-7-18(8-10-19)16-24-20(11-13-21)12-14-23-15-17-5-3-2-4-6-17/h2-10,13,20H,11-12,14-16H2,1H3/t20-/m1/s1. The zero-order valence-electron chi connectivity index (χ0n) is 14.0. The van der Waals surface area contributed by atoms with Gasteiger partial charge >= 0.3 is 0 Å². The molecule has 2 rings (SSSR count). The molecule has 0 N–H and O–H groups in total. The lowest BCUT2D eigenvalue weighted by molar-refractivity contribution is -0.111. The highest BCUT2D eigenvalue weighted by atomic mass is 16.5. The molecular formula is C20H24O4. The first-order valence-corrected chi connectivity index (χ1v) is 8.11. The fourth-order valence-electron chi connectivity index (χ4n) is 2.29. The zero-order chi connectivity index (χ0) is 17.0. The van der Waals surface area contributed by atoms with Gasteiger partial charge in [-0.05, 0) is 29.7 Å². The van der Waals surface area contributed by atoms with Gasteiger partial charge in [0.25, 0.3) is 0 Å². The van der Waals surface area contributed by atoms with E-state index >= 15 is 0 Å². The number of hydrogen-bond donors (Lipinski definition) is 0. The van der Waals surface area contributed by atoms with E-state index in [0.717, 1.165) is 23.2 Å². The summed E-state index contributed by atoms with van der Waals surface area (Å²) in [6, 6.07) is 17.7. The monoisotopic (exact) mass is 328 g/mol. The van der Waals surface area contributed by atoms with Gasteiger partial charge in [0.05, 0.1) is 26.4 Å². The fraction of sp³-hybridized carbons (Fsp3) is 0.350. The molecule has 0 aliphatic rings. The van der Waals surface area contributed by atoms with Crippen molar-refractivity contribution in [2.75, 3.05) is 13.7 Å². The van der Waals surface area contributed by atoms with Crippen molar-refractivity contribution in [1.82, 2.24) is 0 Å². The Balaban J connectivity index is 1.71. The second kappa shape index (κ2) is 10.6. The third-order valence-electron chi connectivity index (χ3n) is 3.70. The predicted octanol–water partition coefficient (Wildman–Crippen LogP) is 3.78. The molecule has 1 atom stereocenters. The normalized spacial score (nSPS) is 11.9. The van der Waals surface area contributed by atoms with Gasteiger partial charge in [-0.15, -0.1) is 0 Å². The van der Waals surface area contributed by atoms with Crippen LogP contribution in [0.5, 0.6) is 5.75 Å². The lowest BCUT2D eigenvalue weighted by Crippen LogP contribution is -2.16. The SMILES string of the molecule is COc1ccc(CO[C@H](CC=O)CCOCc2ccccc2)cc1. The van der Waals surface area contributed by atoms with Crippen molar-refractivity contribution in [3.8, 4) is 5.75 Å².